The molecular formula is C24H31N3O3. The minimum atomic E-state index is -0.234. The Labute approximate surface area is 178 Å². The lowest BCUT2D eigenvalue weighted by atomic mass is 10.0. The van der Waals surface area contributed by atoms with Crippen LogP contribution in [0.15, 0.2) is 47.1 Å². The Bertz CT molecular complexity index is 852. The predicted molar refractivity (Wildman–Crippen MR) is 115 cm³/mol. The molecular weight excluding hydrogens is 378 g/mol. The number of carbonyl (C=O) groups is 2. The molecule has 2 saturated heterocycles. The molecule has 1 aromatic carbocycles. The van der Waals surface area contributed by atoms with Crippen LogP contribution in [0.2, 0.25) is 0 Å². The summed E-state index contributed by atoms with van der Waals surface area (Å²) < 4.78 is 5.34. The molecule has 4 rings (SSSR count). The minimum Gasteiger partial charge on any atom is -0.467 e. The van der Waals surface area contributed by atoms with Crippen molar-refractivity contribution < 1.29 is 14.0 Å². The molecule has 0 bridgehead atoms. The number of nitrogens with zero attached hydrogens (tertiary/aromatic N) is 3. The fraction of sp³-hybridized carbons (Fsp3) is 0.500. The van der Waals surface area contributed by atoms with Crippen molar-refractivity contribution in [3.63, 3.8) is 0 Å². The maximum Gasteiger partial charge on any atom is 0.228 e. The van der Waals surface area contributed by atoms with Gasteiger partial charge in [0.2, 0.25) is 11.8 Å². The van der Waals surface area contributed by atoms with Gasteiger partial charge in [-0.25, -0.2) is 0 Å². The van der Waals surface area contributed by atoms with Gasteiger partial charge in [-0.05, 0) is 29.2 Å². The van der Waals surface area contributed by atoms with Crippen LogP contribution in [0.25, 0.3) is 0 Å². The Morgan fingerprint density at radius 3 is 2.43 bits per heavy atom. The van der Waals surface area contributed by atoms with Gasteiger partial charge in [0.25, 0.3) is 0 Å². The molecule has 6 heteroatoms. The van der Waals surface area contributed by atoms with Crippen molar-refractivity contribution in [3.05, 3.63) is 59.5 Å². The van der Waals surface area contributed by atoms with Crippen LogP contribution in [-0.4, -0.2) is 59.2 Å². The van der Waals surface area contributed by atoms with Gasteiger partial charge in [0, 0.05) is 45.7 Å². The standard InChI is InChI=1S/C24H31N3O3/c1-18(2)20-7-5-19(6-8-20)15-25-9-11-26(12-10-25)24(29)21-14-23(28)27(16-21)17-22-4-3-13-30-22/h3-8,13,18,21H,9-12,14-17H2,1-2H3. The Balaban J connectivity index is 1.25. The van der Waals surface area contributed by atoms with Crippen LogP contribution in [0.3, 0.4) is 0 Å². The Kier molecular flexibility index (Phi) is 6.23. The highest BCUT2D eigenvalue weighted by Crippen LogP contribution is 2.23. The number of carbonyl (C=O) groups excluding carboxylic acids is 2. The van der Waals surface area contributed by atoms with Crippen LogP contribution in [-0.2, 0) is 22.7 Å². The average Bonchev–Trinajstić information content (AvgIpc) is 3.39. The zero-order valence-corrected chi connectivity index (χ0v) is 17.9. The zero-order valence-electron chi connectivity index (χ0n) is 17.9. The fourth-order valence-corrected chi connectivity index (χ4v) is 4.33. The molecule has 0 aliphatic carbocycles. The second kappa shape index (κ2) is 9.04. The number of piperazine rings is 1. The molecule has 30 heavy (non-hydrogen) atoms. The maximum absolute atomic E-state index is 13.0. The van der Waals surface area contributed by atoms with E-state index in [0.29, 0.717) is 25.4 Å². The molecule has 0 spiro atoms. The number of furan rings is 1. The van der Waals surface area contributed by atoms with Crippen LogP contribution < -0.4 is 0 Å². The first-order valence-electron chi connectivity index (χ1n) is 10.9. The normalized spacial score (nSPS) is 20.4. The summed E-state index contributed by atoms with van der Waals surface area (Å²) >= 11 is 0. The Morgan fingerprint density at radius 1 is 1.07 bits per heavy atom. The van der Waals surface area contributed by atoms with Crippen LogP contribution in [0.4, 0.5) is 0 Å². The van der Waals surface area contributed by atoms with Gasteiger partial charge in [0.05, 0.1) is 18.7 Å². The summed E-state index contributed by atoms with van der Waals surface area (Å²) in [6.45, 7) is 9.46. The van der Waals surface area contributed by atoms with Crippen molar-refractivity contribution >= 4 is 11.8 Å². The van der Waals surface area contributed by atoms with Crippen molar-refractivity contribution in [2.45, 2.75) is 39.3 Å². The highest BCUT2D eigenvalue weighted by molar-refractivity contribution is 5.89. The molecule has 0 saturated carbocycles. The van der Waals surface area contributed by atoms with E-state index in [4.69, 9.17) is 4.42 Å². The van der Waals surface area contributed by atoms with Crippen LogP contribution in [0.5, 0.6) is 0 Å². The largest absolute Gasteiger partial charge is 0.467 e. The summed E-state index contributed by atoms with van der Waals surface area (Å²) in [5, 5.41) is 0. The average molecular weight is 410 g/mol. The third-order valence-corrected chi connectivity index (χ3v) is 6.23. The number of amides is 2. The topological polar surface area (TPSA) is 57.0 Å². The maximum atomic E-state index is 13.0. The van der Waals surface area contributed by atoms with Gasteiger partial charge >= 0.3 is 0 Å². The van der Waals surface area contributed by atoms with E-state index in [1.54, 1.807) is 11.2 Å². The van der Waals surface area contributed by atoms with Crippen LogP contribution in [0.1, 0.15) is 43.1 Å². The smallest absolute Gasteiger partial charge is 0.228 e. The SMILES string of the molecule is CC(C)c1ccc(CN2CCN(C(=O)C3CC(=O)N(Cc4ccco4)C3)CC2)cc1. The Hall–Kier alpha value is -2.60. The van der Waals surface area contributed by atoms with Crippen molar-refractivity contribution in [3.8, 4) is 0 Å². The van der Waals surface area contributed by atoms with Gasteiger partial charge in [-0.1, -0.05) is 38.1 Å². The molecule has 2 aliphatic heterocycles. The molecule has 2 fully saturated rings. The molecule has 2 aromatic rings. The lowest BCUT2D eigenvalue weighted by Crippen LogP contribution is -2.50. The van der Waals surface area contributed by atoms with Crippen molar-refractivity contribution in [2.24, 2.45) is 5.92 Å². The van der Waals surface area contributed by atoms with E-state index in [9.17, 15) is 9.59 Å². The Morgan fingerprint density at radius 2 is 1.80 bits per heavy atom. The second-order valence-corrected chi connectivity index (χ2v) is 8.75. The van der Waals surface area contributed by atoms with E-state index in [1.165, 1.54) is 11.1 Å². The van der Waals surface area contributed by atoms with Gasteiger partial charge in [0.1, 0.15) is 5.76 Å². The summed E-state index contributed by atoms with van der Waals surface area (Å²) in [5.41, 5.74) is 2.68. The van der Waals surface area contributed by atoms with E-state index in [-0.39, 0.29) is 17.7 Å². The fourth-order valence-electron chi connectivity index (χ4n) is 4.33. The van der Waals surface area contributed by atoms with E-state index in [0.717, 1.165) is 38.5 Å². The van der Waals surface area contributed by atoms with Gasteiger partial charge in [-0.3, -0.25) is 14.5 Å². The lowest BCUT2D eigenvalue weighted by molar-refractivity contribution is -0.137. The number of benzene rings is 1. The molecule has 160 valence electrons. The first-order chi connectivity index (χ1) is 14.5. The summed E-state index contributed by atoms with van der Waals surface area (Å²) in [5.74, 6) is 1.22. The van der Waals surface area contributed by atoms with Gasteiger partial charge in [-0.15, -0.1) is 0 Å². The van der Waals surface area contributed by atoms with Crippen molar-refractivity contribution in [1.82, 2.24) is 14.7 Å². The summed E-state index contributed by atoms with van der Waals surface area (Å²) in [4.78, 5) is 31.4. The quantitative estimate of drug-likeness (QED) is 0.736. The molecule has 2 aliphatic rings. The third kappa shape index (κ3) is 4.75. The zero-order chi connectivity index (χ0) is 21.1. The van der Waals surface area contributed by atoms with E-state index >= 15 is 0 Å². The van der Waals surface area contributed by atoms with E-state index in [2.05, 4.69) is 43.0 Å². The minimum absolute atomic E-state index is 0.0354. The predicted octanol–water partition coefficient (Wildman–Crippen LogP) is 3.10. The molecule has 0 N–H and O–H groups in total. The van der Waals surface area contributed by atoms with Crippen LogP contribution in [0, 0.1) is 5.92 Å². The molecule has 1 atom stereocenters. The van der Waals surface area contributed by atoms with Crippen LogP contribution >= 0.6 is 0 Å². The molecule has 2 amide bonds. The summed E-state index contributed by atoms with van der Waals surface area (Å²) in [7, 11) is 0. The van der Waals surface area contributed by atoms with Gasteiger partial charge in [-0.2, -0.15) is 0 Å². The number of hydrogen-bond donors (Lipinski definition) is 0. The molecule has 6 nitrogen and oxygen atoms in total. The highest BCUT2D eigenvalue weighted by Gasteiger charge is 2.37. The monoisotopic (exact) mass is 409 g/mol. The second-order valence-electron chi connectivity index (χ2n) is 8.75. The summed E-state index contributed by atoms with van der Waals surface area (Å²) in [6, 6.07) is 12.5. The first kappa shape index (κ1) is 20.7. The number of hydrogen-bond acceptors (Lipinski definition) is 4. The molecule has 1 aromatic heterocycles. The highest BCUT2D eigenvalue weighted by atomic mass is 16.3. The summed E-state index contributed by atoms with van der Waals surface area (Å²) in [6.07, 6.45) is 1.92. The first-order valence-corrected chi connectivity index (χ1v) is 10.9. The van der Waals surface area contributed by atoms with E-state index < -0.39 is 0 Å². The van der Waals surface area contributed by atoms with E-state index in [1.807, 2.05) is 17.0 Å². The number of rotatable bonds is 6. The molecule has 1 unspecified atom stereocenters. The lowest BCUT2D eigenvalue weighted by Gasteiger charge is -2.36. The number of likely N-dealkylation sites (tertiary alicyclic amines) is 1. The van der Waals surface area contributed by atoms with Crippen molar-refractivity contribution in [1.29, 1.82) is 0 Å². The van der Waals surface area contributed by atoms with Crippen molar-refractivity contribution in [2.75, 3.05) is 32.7 Å². The molecule has 0 radical (unpaired) electrons. The molecule has 3 heterocycles. The third-order valence-electron chi connectivity index (χ3n) is 6.23. The van der Waals surface area contributed by atoms with Gasteiger partial charge in [0.15, 0.2) is 0 Å². The van der Waals surface area contributed by atoms with Gasteiger partial charge < -0.3 is 14.2 Å².